The highest BCUT2D eigenvalue weighted by Gasteiger charge is 2.47. The van der Waals surface area contributed by atoms with Gasteiger partial charge in [-0.05, 0) is 52.7 Å². The third-order valence-electron chi connectivity index (χ3n) is 3.78. The summed E-state index contributed by atoms with van der Waals surface area (Å²) >= 11 is 0. The minimum absolute atomic E-state index is 0.0618. The van der Waals surface area contributed by atoms with Crippen LogP contribution in [0.2, 0.25) is 0 Å². The fourth-order valence-corrected chi connectivity index (χ4v) is 2.98. The predicted octanol–water partition coefficient (Wildman–Crippen LogP) is 3.30. The molecule has 1 aromatic carbocycles. The smallest absolute Gasteiger partial charge is 0.130 e. The van der Waals surface area contributed by atoms with E-state index in [1.165, 1.54) is 5.56 Å². The highest BCUT2D eigenvalue weighted by Crippen LogP contribution is 2.40. The molecule has 0 spiro atoms. The highest BCUT2D eigenvalue weighted by molar-refractivity contribution is 5.34. The van der Waals surface area contributed by atoms with Crippen molar-refractivity contribution in [3.63, 3.8) is 0 Å². The predicted molar refractivity (Wildman–Crippen MR) is 82.1 cm³/mol. The van der Waals surface area contributed by atoms with Gasteiger partial charge in [0.2, 0.25) is 0 Å². The molecule has 3 heteroatoms. The molecule has 1 heterocycles. The van der Waals surface area contributed by atoms with Gasteiger partial charge in [-0.1, -0.05) is 18.2 Å². The molecule has 0 amide bonds. The Morgan fingerprint density at radius 2 is 1.95 bits per heavy atom. The van der Waals surface area contributed by atoms with E-state index in [4.69, 9.17) is 15.2 Å². The lowest BCUT2D eigenvalue weighted by Gasteiger charge is -2.28. The summed E-state index contributed by atoms with van der Waals surface area (Å²) in [5.74, 6) is 0.934. The Bertz CT molecular complexity index is 466. The Balaban J connectivity index is 2.18. The lowest BCUT2D eigenvalue weighted by Crippen LogP contribution is -2.37. The molecule has 3 nitrogen and oxygen atoms in total. The summed E-state index contributed by atoms with van der Waals surface area (Å²) in [5.41, 5.74) is 6.68. The Morgan fingerprint density at radius 1 is 1.30 bits per heavy atom. The van der Waals surface area contributed by atoms with E-state index >= 15 is 0 Å². The average molecular weight is 277 g/mol. The first-order valence-electron chi connectivity index (χ1n) is 7.40. The Kier molecular flexibility index (Phi) is 4.12. The standard InChI is InChI=1S/C17H27NO2/c1-12(18)10-13-8-6-7-9-14(13)19-15-11-16(2,3)20-17(15,4)5/h6-9,12,15H,10-11,18H2,1-5H3. The molecule has 0 saturated carbocycles. The summed E-state index contributed by atoms with van der Waals surface area (Å²) in [6.07, 6.45) is 1.78. The number of benzene rings is 1. The van der Waals surface area contributed by atoms with Crippen LogP contribution in [-0.2, 0) is 11.2 Å². The molecule has 1 aromatic rings. The molecule has 2 N–H and O–H groups in total. The van der Waals surface area contributed by atoms with Gasteiger partial charge in [-0.3, -0.25) is 0 Å². The summed E-state index contributed by atoms with van der Waals surface area (Å²) in [4.78, 5) is 0. The number of hydrogen-bond donors (Lipinski definition) is 1. The largest absolute Gasteiger partial charge is 0.487 e. The second kappa shape index (κ2) is 5.38. The maximum Gasteiger partial charge on any atom is 0.130 e. The first-order chi connectivity index (χ1) is 9.20. The lowest BCUT2D eigenvalue weighted by atomic mass is 9.97. The average Bonchev–Trinajstić information content (AvgIpc) is 2.48. The molecule has 1 aliphatic rings. The molecule has 1 aliphatic heterocycles. The Hall–Kier alpha value is -1.06. The first kappa shape index (κ1) is 15.3. The van der Waals surface area contributed by atoms with Gasteiger partial charge in [-0.25, -0.2) is 0 Å². The van der Waals surface area contributed by atoms with Gasteiger partial charge in [0.25, 0.3) is 0 Å². The van der Waals surface area contributed by atoms with Gasteiger partial charge in [0.15, 0.2) is 0 Å². The van der Waals surface area contributed by atoms with Crippen LogP contribution in [-0.4, -0.2) is 23.3 Å². The van der Waals surface area contributed by atoms with Crippen molar-refractivity contribution in [3.8, 4) is 5.75 Å². The normalized spacial score (nSPS) is 25.4. The van der Waals surface area contributed by atoms with Crippen LogP contribution in [0.1, 0.15) is 46.6 Å². The van der Waals surface area contributed by atoms with E-state index in [9.17, 15) is 0 Å². The van der Waals surface area contributed by atoms with E-state index in [0.717, 1.165) is 18.6 Å². The summed E-state index contributed by atoms with van der Waals surface area (Å²) in [7, 11) is 0. The number of para-hydroxylation sites is 1. The van der Waals surface area contributed by atoms with E-state index in [1.54, 1.807) is 0 Å². The number of ether oxygens (including phenoxy) is 2. The van der Waals surface area contributed by atoms with Crippen molar-refractivity contribution < 1.29 is 9.47 Å². The van der Waals surface area contributed by atoms with E-state index in [-0.39, 0.29) is 23.3 Å². The number of hydrogen-bond acceptors (Lipinski definition) is 3. The van der Waals surface area contributed by atoms with Crippen LogP contribution in [0, 0.1) is 0 Å². The molecule has 1 fully saturated rings. The van der Waals surface area contributed by atoms with Crippen molar-refractivity contribution in [2.45, 2.75) is 70.8 Å². The summed E-state index contributed by atoms with van der Waals surface area (Å²) in [5, 5.41) is 0. The van der Waals surface area contributed by atoms with Crippen molar-refractivity contribution >= 4 is 0 Å². The maximum absolute atomic E-state index is 6.28. The van der Waals surface area contributed by atoms with Crippen LogP contribution in [0.15, 0.2) is 24.3 Å². The second-order valence-corrected chi connectivity index (χ2v) is 7.06. The molecular formula is C17H27NO2. The van der Waals surface area contributed by atoms with Crippen LogP contribution in [0.25, 0.3) is 0 Å². The van der Waals surface area contributed by atoms with Gasteiger partial charge in [0.05, 0.1) is 5.60 Å². The molecule has 0 aliphatic carbocycles. The molecule has 0 radical (unpaired) electrons. The third kappa shape index (κ3) is 3.53. The first-order valence-corrected chi connectivity index (χ1v) is 7.40. The topological polar surface area (TPSA) is 44.5 Å². The third-order valence-corrected chi connectivity index (χ3v) is 3.78. The molecule has 2 atom stereocenters. The quantitative estimate of drug-likeness (QED) is 0.918. The van der Waals surface area contributed by atoms with Crippen molar-refractivity contribution in [2.24, 2.45) is 5.73 Å². The van der Waals surface area contributed by atoms with Gasteiger partial charge in [0, 0.05) is 12.5 Å². The zero-order valence-electron chi connectivity index (χ0n) is 13.3. The molecule has 0 aromatic heterocycles. The molecule has 112 valence electrons. The van der Waals surface area contributed by atoms with Gasteiger partial charge in [0.1, 0.15) is 17.5 Å². The van der Waals surface area contributed by atoms with Gasteiger partial charge < -0.3 is 15.2 Å². The summed E-state index contributed by atoms with van der Waals surface area (Å²) in [6.45, 7) is 10.4. The maximum atomic E-state index is 6.28. The summed E-state index contributed by atoms with van der Waals surface area (Å²) in [6, 6.07) is 8.29. The summed E-state index contributed by atoms with van der Waals surface area (Å²) < 4.78 is 12.4. The van der Waals surface area contributed by atoms with Crippen LogP contribution in [0.4, 0.5) is 0 Å². The van der Waals surface area contributed by atoms with Gasteiger partial charge in [-0.15, -0.1) is 0 Å². The van der Waals surface area contributed by atoms with Gasteiger partial charge >= 0.3 is 0 Å². The minimum atomic E-state index is -0.273. The Labute approximate surface area is 122 Å². The van der Waals surface area contributed by atoms with Crippen molar-refractivity contribution in [1.29, 1.82) is 0 Å². The van der Waals surface area contributed by atoms with Crippen molar-refractivity contribution in [1.82, 2.24) is 0 Å². The minimum Gasteiger partial charge on any atom is -0.487 e. The highest BCUT2D eigenvalue weighted by atomic mass is 16.6. The molecular weight excluding hydrogens is 250 g/mol. The zero-order chi connectivity index (χ0) is 15.0. The second-order valence-electron chi connectivity index (χ2n) is 7.06. The van der Waals surface area contributed by atoms with E-state index < -0.39 is 0 Å². The van der Waals surface area contributed by atoms with E-state index in [1.807, 2.05) is 25.1 Å². The van der Waals surface area contributed by atoms with Crippen LogP contribution in [0.5, 0.6) is 5.75 Å². The molecule has 2 unspecified atom stereocenters. The van der Waals surface area contributed by atoms with Crippen LogP contribution in [0.3, 0.4) is 0 Å². The number of nitrogens with two attached hydrogens (primary N) is 1. The fourth-order valence-electron chi connectivity index (χ4n) is 2.98. The van der Waals surface area contributed by atoms with Gasteiger partial charge in [-0.2, -0.15) is 0 Å². The molecule has 0 bridgehead atoms. The monoisotopic (exact) mass is 277 g/mol. The number of rotatable bonds is 4. The Morgan fingerprint density at radius 3 is 2.50 bits per heavy atom. The van der Waals surface area contributed by atoms with Crippen molar-refractivity contribution in [3.05, 3.63) is 29.8 Å². The van der Waals surface area contributed by atoms with E-state index in [0.29, 0.717) is 0 Å². The van der Waals surface area contributed by atoms with Crippen molar-refractivity contribution in [2.75, 3.05) is 0 Å². The fraction of sp³-hybridized carbons (Fsp3) is 0.647. The molecule has 1 saturated heterocycles. The lowest BCUT2D eigenvalue weighted by molar-refractivity contribution is -0.0846. The zero-order valence-corrected chi connectivity index (χ0v) is 13.3. The van der Waals surface area contributed by atoms with E-state index in [2.05, 4.69) is 33.8 Å². The molecule has 2 rings (SSSR count). The SMILES string of the molecule is CC(N)Cc1ccccc1OC1CC(C)(C)OC1(C)C. The van der Waals surface area contributed by atoms with Crippen LogP contribution < -0.4 is 10.5 Å². The van der Waals surface area contributed by atoms with Crippen LogP contribution >= 0.6 is 0 Å². The molecule has 20 heavy (non-hydrogen) atoms.